The van der Waals surface area contributed by atoms with Crippen LogP contribution in [0, 0.1) is 5.82 Å². The lowest BCUT2D eigenvalue weighted by Crippen LogP contribution is -1.88. The molecule has 78 valence electrons. The molecule has 2 rings (SSSR count). The lowest BCUT2D eigenvalue weighted by atomic mass is 10.3. The van der Waals surface area contributed by atoms with Crippen LogP contribution in [0.2, 0.25) is 5.02 Å². The van der Waals surface area contributed by atoms with Gasteiger partial charge in [0.25, 0.3) is 0 Å². The first-order chi connectivity index (χ1) is 6.70. The molecule has 0 aromatic heterocycles. The van der Waals surface area contributed by atoms with Gasteiger partial charge in [-0.1, -0.05) is 11.6 Å². The predicted molar refractivity (Wildman–Crippen MR) is 55.9 cm³/mol. The molecule has 0 radical (unpaired) electrons. The van der Waals surface area contributed by atoms with Gasteiger partial charge in [0.2, 0.25) is 0 Å². The second-order valence-corrected chi connectivity index (χ2v) is 3.42. The Morgan fingerprint density at radius 2 is 1.93 bits per heavy atom. The minimum atomic E-state index is -0.470. The zero-order valence-corrected chi connectivity index (χ0v) is 8.56. The van der Waals surface area contributed by atoms with E-state index >= 15 is 0 Å². The highest BCUT2D eigenvalue weighted by Crippen LogP contribution is 2.15. The number of nitrogen functional groups attached to an aromatic ring is 1. The van der Waals surface area contributed by atoms with E-state index in [4.69, 9.17) is 22.1 Å². The Balaban J connectivity index is 0.000000165. The summed E-state index contributed by atoms with van der Waals surface area (Å²) in [6.07, 6.45) is 2.56. The number of nitrogens with two attached hydrogens (primary N) is 1. The van der Waals surface area contributed by atoms with Gasteiger partial charge in [-0.05, 0) is 31.0 Å². The Kier molecular flexibility index (Phi) is 4.70. The molecule has 0 saturated carbocycles. The van der Waals surface area contributed by atoms with Crippen molar-refractivity contribution in [2.75, 3.05) is 18.9 Å². The number of halogens is 2. The van der Waals surface area contributed by atoms with Crippen LogP contribution >= 0.6 is 11.6 Å². The molecule has 1 heterocycles. The molecular formula is C10H13ClFNO. The van der Waals surface area contributed by atoms with Crippen LogP contribution in [0.3, 0.4) is 0 Å². The Hall–Kier alpha value is -0.800. The molecule has 2 N–H and O–H groups in total. The van der Waals surface area contributed by atoms with E-state index in [1.165, 1.54) is 25.0 Å². The monoisotopic (exact) mass is 217 g/mol. The maximum absolute atomic E-state index is 12.4. The van der Waals surface area contributed by atoms with Crippen molar-refractivity contribution in [1.29, 1.82) is 0 Å². The fourth-order valence-electron chi connectivity index (χ4n) is 1.01. The lowest BCUT2D eigenvalue weighted by molar-refractivity contribution is 0.198. The van der Waals surface area contributed by atoms with Gasteiger partial charge in [-0.3, -0.25) is 0 Å². The Morgan fingerprint density at radius 3 is 2.29 bits per heavy atom. The largest absolute Gasteiger partial charge is 0.396 e. The van der Waals surface area contributed by atoms with Crippen LogP contribution in [0.1, 0.15) is 12.8 Å². The number of hydrogen-bond donors (Lipinski definition) is 1. The van der Waals surface area contributed by atoms with Gasteiger partial charge in [-0.25, -0.2) is 4.39 Å². The lowest BCUT2D eigenvalue weighted by Gasteiger charge is -1.93. The van der Waals surface area contributed by atoms with E-state index < -0.39 is 5.82 Å². The van der Waals surface area contributed by atoms with Gasteiger partial charge < -0.3 is 10.5 Å². The Bertz CT molecular complexity index is 282. The number of hydrogen-bond acceptors (Lipinski definition) is 2. The summed E-state index contributed by atoms with van der Waals surface area (Å²) < 4.78 is 17.3. The smallest absolute Gasteiger partial charge is 0.147 e. The van der Waals surface area contributed by atoms with Crippen LogP contribution in [0.15, 0.2) is 18.2 Å². The summed E-state index contributed by atoms with van der Waals surface area (Å²) in [5, 5.41) is 0.363. The fraction of sp³-hybridized carbons (Fsp3) is 0.400. The standard InChI is InChI=1S/C6H5ClFN.C4H8O/c7-4-1-2-6(9)5(8)3-4;1-2-4-5-3-1/h1-3H,9H2;1-4H2. The van der Waals surface area contributed by atoms with Crippen LogP contribution < -0.4 is 5.73 Å². The summed E-state index contributed by atoms with van der Waals surface area (Å²) in [5.74, 6) is -0.470. The molecule has 1 aliphatic rings. The normalized spacial score (nSPS) is 14.7. The van der Waals surface area contributed by atoms with Gasteiger partial charge in [0.15, 0.2) is 0 Å². The molecule has 1 aromatic rings. The highest BCUT2D eigenvalue weighted by atomic mass is 35.5. The molecule has 1 fully saturated rings. The average molecular weight is 218 g/mol. The maximum atomic E-state index is 12.4. The Morgan fingerprint density at radius 1 is 1.29 bits per heavy atom. The zero-order chi connectivity index (χ0) is 10.4. The van der Waals surface area contributed by atoms with Gasteiger partial charge in [0.1, 0.15) is 5.82 Å². The first kappa shape index (κ1) is 11.3. The SMILES string of the molecule is C1CCOC1.Nc1ccc(Cl)cc1F. The van der Waals surface area contributed by atoms with Crippen LogP contribution in [0.25, 0.3) is 0 Å². The number of benzene rings is 1. The van der Waals surface area contributed by atoms with Gasteiger partial charge in [0.05, 0.1) is 5.69 Å². The van der Waals surface area contributed by atoms with Crippen molar-refractivity contribution in [3.05, 3.63) is 29.0 Å². The van der Waals surface area contributed by atoms with E-state index in [1.807, 2.05) is 0 Å². The summed E-state index contributed by atoms with van der Waals surface area (Å²) in [6.45, 7) is 2.00. The van der Waals surface area contributed by atoms with E-state index in [1.54, 1.807) is 6.07 Å². The summed E-state index contributed by atoms with van der Waals surface area (Å²) in [4.78, 5) is 0. The fourth-order valence-corrected chi connectivity index (χ4v) is 1.17. The molecule has 0 bridgehead atoms. The molecule has 0 spiro atoms. The quantitative estimate of drug-likeness (QED) is 0.679. The van der Waals surface area contributed by atoms with Crippen molar-refractivity contribution >= 4 is 17.3 Å². The molecule has 1 aromatic carbocycles. The summed E-state index contributed by atoms with van der Waals surface area (Å²) in [6, 6.07) is 4.15. The molecule has 0 amide bonds. The molecule has 0 atom stereocenters. The minimum Gasteiger partial charge on any atom is -0.396 e. The van der Waals surface area contributed by atoms with Gasteiger partial charge >= 0.3 is 0 Å². The van der Waals surface area contributed by atoms with Gasteiger partial charge in [0, 0.05) is 18.2 Å². The third-order valence-corrected chi connectivity index (χ3v) is 2.02. The first-order valence-electron chi connectivity index (χ1n) is 4.48. The van der Waals surface area contributed by atoms with Crippen molar-refractivity contribution in [1.82, 2.24) is 0 Å². The van der Waals surface area contributed by atoms with E-state index in [9.17, 15) is 4.39 Å². The van der Waals surface area contributed by atoms with Crippen molar-refractivity contribution in [3.63, 3.8) is 0 Å². The van der Waals surface area contributed by atoms with E-state index in [0.717, 1.165) is 13.2 Å². The summed E-state index contributed by atoms with van der Waals surface area (Å²) >= 11 is 5.42. The molecule has 4 heteroatoms. The summed E-state index contributed by atoms with van der Waals surface area (Å²) in [7, 11) is 0. The van der Waals surface area contributed by atoms with Gasteiger partial charge in [-0.2, -0.15) is 0 Å². The highest BCUT2D eigenvalue weighted by molar-refractivity contribution is 6.30. The van der Waals surface area contributed by atoms with Crippen molar-refractivity contribution < 1.29 is 9.13 Å². The third-order valence-electron chi connectivity index (χ3n) is 1.79. The van der Waals surface area contributed by atoms with Gasteiger partial charge in [-0.15, -0.1) is 0 Å². The molecule has 1 aliphatic heterocycles. The van der Waals surface area contributed by atoms with Crippen LogP contribution in [0.4, 0.5) is 10.1 Å². The van der Waals surface area contributed by atoms with E-state index in [2.05, 4.69) is 0 Å². The maximum Gasteiger partial charge on any atom is 0.147 e. The molecule has 14 heavy (non-hydrogen) atoms. The number of anilines is 1. The van der Waals surface area contributed by atoms with Crippen LogP contribution in [-0.2, 0) is 4.74 Å². The second-order valence-electron chi connectivity index (χ2n) is 2.99. The molecule has 0 aliphatic carbocycles. The highest BCUT2D eigenvalue weighted by Gasteiger charge is 1.95. The van der Waals surface area contributed by atoms with Crippen molar-refractivity contribution in [2.45, 2.75) is 12.8 Å². The average Bonchev–Trinajstić information content (AvgIpc) is 2.69. The van der Waals surface area contributed by atoms with Crippen LogP contribution in [-0.4, -0.2) is 13.2 Å². The summed E-state index contributed by atoms with van der Waals surface area (Å²) in [5.41, 5.74) is 5.28. The van der Waals surface area contributed by atoms with E-state index in [0.29, 0.717) is 5.02 Å². The topological polar surface area (TPSA) is 35.2 Å². The van der Waals surface area contributed by atoms with E-state index in [-0.39, 0.29) is 5.69 Å². The second kappa shape index (κ2) is 5.83. The number of rotatable bonds is 0. The predicted octanol–water partition coefficient (Wildman–Crippen LogP) is 2.86. The van der Waals surface area contributed by atoms with Crippen LogP contribution in [0.5, 0.6) is 0 Å². The number of ether oxygens (including phenoxy) is 1. The van der Waals surface area contributed by atoms with Crippen molar-refractivity contribution in [3.8, 4) is 0 Å². The molecule has 0 unspecified atom stereocenters. The zero-order valence-electron chi connectivity index (χ0n) is 7.80. The minimum absolute atomic E-state index is 0.124. The molecular weight excluding hydrogens is 205 g/mol. The first-order valence-corrected chi connectivity index (χ1v) is 4.86. The molecule has 2 nitrogen and oxygen atoms in total. The Labute approximate surface area is 87.8 Å². The third kappa shape index (κ3) is 3.94. The molecule has 1 saturated heterocycles. The van der Waals surface area contributed by atoms with Crippen molar-refractivity contribution in [2.24, 2.45) is 0 Å².